The molecule has 2 nitrogen and oxygen atoms in total. The van der Waals surface area contributed by atoms with Crippen LogP contribution >= 0.6 is 23.4 Å². The van der Waals surface area contributed by atoms with Crippen molar-refractivity contribution in [3.8, 4) is 0 Å². The zero-order chi connectivity index (χ0) is 16.1. The molecule has 0 bridgehead atoms. The van der Waals surface area contributed by atoms with Gasteiger partial charge in [-0.1, -0.05) is 35.4 Å². The van der Waals surface area contributed by atoms with Gasteiger partial charge >= 0.3 is 0 Å². The van der Waals surface area contributed by atoms with Gasteiger partial charge in [0.05, 0.1) is 11.4 Å². The number of rotatable bonds is 5. The second-order valence-corrected chi connectivity index (χ2v) is 6.52. The standard InChI is InChI=1S/C17H17ClFNOS/c1-11-3-4-12(2)13(7-11)9-22-10-17(21)20-16-6-5-14(18)8-15(16)19/h3-8H,9-10H2,1-2H3,(H,20,21). The average Bonchev–Trinajstić information content (AvgIpc) is 2.46. The molecule has 0 aliphatic heterocycles. The minimum Gasteiger partial charge on any atom is -0.323 e. The van der Waals surface area contributed by atoms with Crippen LogP contribution in [0.5, 0.6) is 0 Å². The van der Waals surface area contributed by atoms with E-state index in [1.165, 1.54) is 40.6 Å². The molecule has 0 aliphatic rings. The summed E-state index contributed by atoms with van der Waals surface area (Å²) >= 11 is 7.18. The molecule has 0 aromatic heterocycles. The van der Waals surface area contributed by atoms with Gasteiger partial charge in [-0.2, -0.15) is 0 Å². The molecule has 22 heavy (non-hydrogen) atoms. The summed E-state index contributed by atoms with van der Waals surface area (Å²) in [6, 6.07) is 10.5. The van der Waals surface area contributed by atoms with Crippen LogP contribution in [-0.2, 0) is 10.5 Å². The molecule has 0 atom stereocenters. The number of amides is 1. The van der Waals surface area contributed by atoms with Gasteiger partial charge in [0, 0.05) is 10.8 Å². The molecular weight excluding hydrogens is 321 g/mol. The highest BCUT2D eigenvalue weighted by atomic mass is 35.5. The Balaban J connectivity index is 1.86. The Morgan fingerprint density at radius 2 is 2.00 bits per heavy atom. The van der Waals surface area contributed by atoms with E-state index in [2.05, 4.69) is 30.4 Å². The maximum absolute atomic E-state index is 13.6. The fourth-order valence-corrected chi connectivity index (χ4v) is 3.04. The van der Waals surface area contributed by atoms with Gasteiger partial charge < -0.3 is 5.32 Å². The Hall–Kier alpha value is -1.52. The maximum atomic E-state index is 13.6. The lowest BCUT2D eigenvalue weighted by Crippen LogP contribution is -2.15. The molecular formula is C17H17ClFNOS. The second-order valence-electron chi connectivity index (χ2n) is 5.10. The summed E-state index contributed by atoms with van der Waals surface area (Å²) in [5, 5.41) is 2.86. The minimum absolute atomic E-state index is 0.154. The Kier molecular flexibility index (Phi) is 5.86. The first-order valence-corrected chi connectivity index (χ1v) is 8.38. The summed E-state index contributed by atoms with van der Waals surface area (Å²) in [6.07, 6.45) is 0. The van der Waals surface area contributed by atoms with Crippen LogP contribution in [0, 0.1) is 19.7 Å². The first kappa shape index (κ1) is 16.8. The van der Waals surface area contributed by atoms with Gasteiger partial charge in [0.2, 0.25) is 5.91 Å². The normalized spacial score (nSPS) is 10.5. The van der Waals surface area contributed by atoms with E-state index >= 15 is 0 Å². The van der Waals surface area contributed by atoms with Crippen LogP contribution in [0.4, 0.5) is 10.1 Å². The van der Waals surface area contributed by atoms with Gasteiger partial charge in [0.15, 0.2) is 0 Å². The van der Waals surface area contributed by atoms with E-state index < -0.39 is 5.82 Å². The molecule has 1 amide bonds. The second kappa shape index (κ2) is 7.65. The van der Waals surface area contributed by atoms with Crippen molar-refractivity contribution in [2.75, 3.05) is 11.1 Å². The summed E-state index contributed by atoms with van der Waals surface area (Å²) in [6.45, 7) is 4.10. The molecule has 2 rings (SSSR count). The van der Waals surface area contributed by atoms with E-state index in [0.717, 1.165) is 5.75 Å². The number of hydrogen-bond donors (Lipinski definition) is 1. The van der Waals surface area contributed by atoms with E-state index in [9.17, 15) is 9.18 Å². The molecule has 0 heterocycles. The fraction of sp³-hybridized carbons (Fsp3) is 0.235. The van der Waals surface area contributed by atoms with Crippen molar-refractivity contribution in [1.82, 2.24) is 0 Å². The number of hydrogen-bond acceptors (Lipinski definition) is 2. The minimum atomic E-state index is -0.527. The number of aryl methyl sites for hydroxylation is 2. The molecule has 0 unspecified atom stereocenters. The lowest BCUT2D eigenvalue weighted by atomic mass is 10.1. The highest BCUT2D eigenvalue weighted by Gasteiger charge is 2.08. The van der Waals surface area contributed by atoms with Gasteiger partial charge in [-0.25, -0.2) is 4.39 Å². The third-order valence-corrected chi connectivity index (χ3v) is 4.42. The SMILES string of the molecule is Cc1ccc(C)c(CSCC(=O)Nc2ccc(Cl)cc2F)c1. The van der Waals surface area contributed by atoms with Crippen molar-refractivity contribution in [3.05, 3.63) is 63.9 Å². The predicted molar refractivity (Wildman–Crippen MR) is 92.1 cm³/mol. The van der Waals surface area contributed by atoms with Gasteiger partial charge in [-0.3, -0.25) is 4.79 Å². The number of anilines is 1. The third kappa shape index (κ3) is 4.75. The van der Waals surface area contributed by atoms with Crippen molar-refractivity contribution in [3.63, 3.8) is 0 Å². The zero-order valence-corrected chi connectivity index (χ0v) is 14.0. The molecule has 5 heteroatoms. The Labute approximate surface area is 139 Å². The topological polar surface area (TPSA) is 29.1 Å². The van der Waals surface area contributed by atoms with Crippen LogP contribution in [0.25, 0.3) is 0 Å². The number of benzene rings is 2. The third-order valence-electron chi connectivity index (χ3n) is 3.20. The van der Waals surface area contributed by atoms with Gasteiger partial charge in [0.1, 0.15) is 5.82 Å². The quantitative estimate of drug-likeness (QED) is 0.834. The maximum Gasteiger partial charge on any atom is 0.234 e. The average molecular weight is 338 g/mol. The van der Waals surface area contributed by atoms with Crippen LogP contribution < -0.4 is 5.32 Å². The largest absolute Gasteiger partial charge is 0.323 e. The van der Waals surface area contributed by atoms with E-state index in [0.29, 0.717) is 5.02 Å². The molecule has 116 valence electrons. The number of carbonyl (C=O) groups is 1. The Bertz CT molecular complexity index is 690. The highest BCUT2D eigenvalue weighted by Crippen LogP contribution is 2.20. The van der Waals surface area contributed by atoms with Crippen molar-refractivity contribution in [2.24, 2.45) is 0 Å². The first-order chi connectivity index (χ1) is 10.5. The molecule has 0 aliphatic carbocycles. The number of nitrogens with one attached hydrogen (secondary N) is 1. The lowest BCUT2D eigenvalue weighted by molar-refractivity contribution is -0.113. The molecule has 0 saturated carbocycles. The van der Waals surface area contributed by atoms with Crippen molar-refractivity contribution >= 4 is 35.0 Å². The molecule has 0 radical (unpaired) electrons. The molecule has 1 N–H and O–H groups in total. The fourth-order valence-electron chi connectivity index (χ4n) is 1.99. The van der Waals surface area contributed by atoms with E-state index in [4.69, 9.17) is 11.6 Å². The van der Waals surface area contributed by atoms with Crippen LogP contribution in [0.1, 0.15) is 16.7 Å². The van der Waals surface area contributed by atoms with Gasteiger partial charge in [0.25, 0.3) is 0 Å². The summed E-state index contributed by atoms with van der Waals surface area (Å²) in [4.78, 5) is 11.9. The van der Waals surface area contributed by atoms with Crippen LogP contribution in [0.3, 0.4) is 0 Å². The Morgan fingerprint density at radius 3 is 2.73 bits per heavy atom. The lowest BCUT2D eigenvalue weighted by Gasteiger charge is -2.08. The van der Waals surface area contributed by atoms with Crippen LogP contribution in [0.15, 0.2) is 36.4 Å². The van der Waals surface area contributed by atoms with Crippen molar-refractivity contribution < 1.29 is 9.18 Å². The van der Waals surface area contributed by atoms with Crippen LogP contribution in [-0.4, -0.2) is 11.7 Å². The predicted octanol–water partition coefficient (Wildman–Crippen LogP) is 4.97. The van der Waals surface area contributed by atoms with E-state index in [1.807, 2.05) is 6.92 Å². The summed E-state index contributed by atoms with van der Waals surface area (Å²) < 4.78 is 13.6. The van der Waals surface area contributed by atoms with Gasteiger partial charge in [-0.05, 0) is 43.2 Å². The van der Waals surface area contributed by atoms with Crippen LogP contribution in [0.2, 0.25) is 5.02 Å². The first-order valence-electron chi connectivity index (χ1n) is 6.84. The molecule has 0 saturated heterocycles. The van der Waals surface area contributed by atoms with Crippen molar-refractivity contribution in [1.29, 1.82) is 0 Å². The number of halogens is 2. The number of carbonyl (C=O) groups excluding carboxylic acids is 1. The summed E-state index contributed by atoms with van der Waals surface area (Å²) in [7, 11) is 0. The highest BCUT2D eigenvalue weighted by molar-refractivity contribution is 7.99. The molecule has 2 aromatic carbocycles. The smallest absolute Gasteiger partial charge is 0.234 e. The Morgan fingerprint density at radius 1 is 1.23 bits per heavy atom. The molecule has 2 aromatic rings. The molecule has 0 fully saturated rings. The van der Waals surface area contributed by atoms with Gasteiger partial charge in [-0.15, -0.1) is 11.8 Å². The van der Waals surface area contributed by atoms with E-state index in [1.54, 1.807) is 6.07 Å². The summed E-state index contributed by atoms with van der Waals surface area (Å²) in [5.41, 5.74) is 3.79. The van der Waals surface area contributed by atoms with E-state index in [-0.39, 0.29) is 17.3 Å². The summed E-state index contributed by atoms with van der Waals surface area (Å²) in [5.74, 6) is 0.274. The number of thioether (sulfide) groups is 1. The van der Waals surface area contributed by atoms with Crippen molar-refractivity contribution in [2.45, 2.75) is 19.6 Å². The monoisotopic (exact) mass is 337 g/mol. The zero-order valence-electron chi connectivity index (χ0n) is 12.5. The molecule has 0 spiro atoms.